The minimum Gasteiger partial charge on any atom is -0.482 e. The number of hydrogen-bond donors (Lipinski definition) is 0. The zero-order valence-corrected chi connectivity index (χ0v) is 18.0. The number of carbonyl (C=O) groups is 2. The van der Waals surface area contributed by atoms with Crippen molar-refractivity contribution in [1.82, 2.24) is 0 Å². The first-order valence-corrected chi connectivity index (χ1v) is 9.56. The minimum absolute atomic E-state index is 0.0652. The Kier molecular flexibility index (Phi) is 8.84. The largest absolute Gasteiger partial charge is 0.482 e. The molecule has 0 aliphatic rings. The SMILES string of the molecule is CC(C)C(CC(C)(C)C)C(=O)Oc1ccc(OCC(=O)OCC(F)(F)C(F)(F)F)cc1. The Bertz CT molecular complexity index is 736. The van der Waals surface area contributed by atoms with E-state index in [1.54, 1.807) is 0 Å². The van der Waals surface area contributed by atoms with Gasteiger partial charge in [-0.3, -0.25) is 4.79 Å². The van der Waals surface area contributed by atoms with Gasteiger partial charge < -0.3 is 14.2 Å². The minimum atomic E-state index is -5.82. The second kappa shape index (κ2) is 10.3. The molecule has 176 valence electrons. The lowest BCUT2D eigenvalue weighted by molar-refractivity contribution is -0.294. The second-order valence-electron chi connectivity index (χ2n) is 8.66. The highest BCUT2D eigenvalue weighted by Crippen LogP contribution is 2.35. The first-order chi connectivity index (χ1) is 14.0. The van der Waals surface area contributed by atoms with Crippen molar-refractivity contribution >= 4 is 11.9 Å². The Morgan fingerprint density at radius 2 is 1.45 bits per heavy atom. The second-order valence-corrected chi connectivity index (χ2v) is 8.66. The van der Waals surface area contributed by atoms with Crippen LogP contribution in [0.2, 0.25) is 0 Å². The van der Waals surface area contributed by atoms with Gasteiger partial charge in [0.2, 0.25) is 0 Å². The van der Waals surface area contributed by atoms with E-state index >= 15 is 0 Å². The van der Waals surface area contributed by atoms with Crippen LogP contribution in [0.3, 0.4) is 0 Å². The molecule has 0 heterocycles. The molecule has 31 heavy (non-hydrogen) atoms. The van der Waals surface area contributed by atoms with Crippen molar-refractivity contribution in [2.24, 2.45) is 17.3 Å². The molecular weight excluding hydrogens is 427 g/mol. The van der Waals surface area contributed by atoms with E-state index < -0.39 is 31.3 Å². The molecule has 10 heteroatoms. The average Bonchev–Trinajstić information content (AvgIpc) is 2.62. The summed E-state index contributed by atoms with van der Waals surface area (Å²) in [6.45, 7) is 6.94. The predicted octanol–water partition coefficient (Wildman–Crippen LogP) is 5.42. The molecule has 0 aliphatic carbocycles. The zero-order chi connectivity index (χ0) is 24.0. The third kappa shape index (κ3) is 9.10. The van der Waals surface area contributed by atoms with E-state index in [0.29, 0.717) is 6.42 Å². The number of ether oxygens (including phenoxy) is 3. The van der Waals surface area contributed by atoms with Crippen LogP contribution in [0.5, 0.6) is 11.5 Å². The van der Waals surface area contributed by atoms with E-state index in [4.69, 9.17) is 9.47 Å². The van der Waals surface area contributed by atoms with Gasteiger partial charge in [0.1, 0.15) is 11.5 Å². The topological polar surface area (TPSA) is 61.8 Å². The van der Waals surface area contributed by atoms with Gasteiger partial charge in [-0.2, -0.15) is 22.0 Å². The normalized spacial score (nSPS) is 13.6. The number of halogens is 5. The molecule has 0 spiro atoms. The molecule has 1 rings (SSSR count). The van der Waals surface area contributed by atoms with Gasteiger partial charge in [-0.05, 0) is 42.0 Å². The molecule has 0 amide bonds. The van der Waals surface area contributed by atoms with E-state index in [9.17, 15) is 31.5 Å². The summed E-state index contributed by atoms with van der Waals surface area (Å²) in [6, 6.07) is 5.53. The van der Waals surface area contributed by atoms with Crippen molar-refractivity contribution in [2.45, 2.75) is 53.1 Å². The first kappa shape index (κ1) is 26.6. The fourth-order valence-electron chi connectivity index (χ4n) is 2.48. The molecule has 1 unspecified atom stereocenters. The summed E-state index contributed by atoms with van der Waals surface area (Å²) in [4.78, 5) is 23.8. The van der Waals surface area contributed by atoms with Crippen LogP contribution in [0.25, 0.3) is 0 Å². The maximum Gasteiger partial charge on any atom is 0.456 e. The average molecular weight is 454 g/mol. The van der Waals surface area contributed by atoms with Gasteiger partial charge in [0.15, 0.2) is 13.2 Å². The van der Waals surface area contributed by atoms with Crippen LogP contribution in [-0.4, -0.2) is 37.3 Å². The highest BCUT2D eigenvalue weighted by Gasteiger charge is 2.58. The summed E-state index contributed by atoms with van der Waals surface area (Å²) >= 11 is 0. The summed E-state index contributed by atoms with van der Waals surface area (Å²) in [5, 5.41) is 0. The Labute approximate surface area is 177 Å². The van der Waals surface area contributed by atoms with Gasteiger partial charge in [0, 0.05) is 0 Å². The van der Waals surface area contributed by atoms with Gasteiger partial charge in [-0.1, -0.05) is 34.6 Å². The molecule has 1 aromatic rings. The summed E-state index contributed by atoms with van der Waals surface area (Å²) in [7, 11) is 0. The fourth-order valence-corrected chi connectivity index (χ4v) is 2.48. The van der Waals surface area contributed by atoms with Crippen molar-refractivity contribution < 1.29 is 45.8 Å². The van der Waals surface area contributed by atoms with E-state index in [-0.39, 0.29) is 34.7 Å². The molecule has 1 atom stereocenters. The molecular formula is C21H27F5O5. The van der Waals surface area contributed by atoms with Crippen LogP contribution in [-0.2, 0) is 14.3 Å². The molecule has 0 aromatic heterocycles. The van der Waals surface area contributed by atoms with Crippen LogP contribution in [0.1, 0.15) is 41.0 Å². The zero-order valence-electron chi connectivity index (χ0n) is 18.0. The van der Waals surface area contributed by atoms with Crippen molar-refractivity contribution in [3.05, 3.63) is 24.3 Å². The van der Waals surface area contributed by atoms with Gasteiger partial charge in [0.05, 0.1) is 5.92 Å². The lowest BCUT2D eigenvalue weighted by atomic mass is 9.80. The third-order valence-corrected chi connectivity index (χ3v) is 4.17. The molecule has 0 saturated heterocycles. The predicted molar refractivity (Wildman–Crippen MR) is 102 cm³/mol. The van der Waals surface area contributed by atoms with Crippen molar-refractivity contribution in [1.29, 1.82) is 0 Å². The summed E-state index contributed by atoms with van der Waals surface area (Å²) in [6.07, 6.45) is -5.18. The molecule has 0 radical (unpaired) electrons. The van der Waals surface area contributed by atoms with E-state index in [0.717, 1.165) is 0 Å². The lowest BCUT2D eigenvalue weighted by Gasteiger charge is -2.27. The van der Waals surface area contributed by atoms with Gasteiger partial charge in [0.25, 0.3) is 0 Å². The Balaban J connectivity index is 2.58. The van der Waals surface area contributed by atoms with E-state index in [2.05, 4.69) is 4.74 Å². The van der Waals surface area contributed by atoms with E-state index in [1.807, 2.05) is 34.6 Å². The Hall–Kier alpha value is -2.39. The third-order valence-electron chi connectivity index (χ3n) is 4.17. The molecule has 0 aliphatic heterocycles. The number of hydrogen-bond acceptors (Lipinski definition) is 5. The van der Waals surface area contributed by atoms with E-state index in [1.165, 1.54) is 24.3 Å². The van der Waals surface area contributed by atoms with Crippen LogP contribution >= 0.6 is 0 Å². The maximum absolute atomic E-state index is 12.7. The summed E-state index contributed by atoms with van der Waals surface area (Å²) in [5.74, 6) is -6.80. The molecule has 0 N–H and O–H groups in total. The number of benzene rings is 1. The fraction of sp³-hybridized carbons (Fsp3) is 0.619. The number of rotatable bonds is 9. The molecule has 0 bridgehead atoms. The first-order valence-electron chi connectivity index (χ1n) is 9.56. The highest BCUT2D eigenvalue weighted by atomic mass is 19.4. The van der Waals surface area contributed by atoms with Gasteiger partial charge in [-0.15, -0.1) is 0 Å². The molecule has 5 nitrogen and oxygen atoms in total. The monoisotopic (exact) mass is 454 g/mol. The standard InChI is InChI=1S/C21H27F5O5/c1-13(2)16(10-19(3,4)5)18(28)31-15-8-6-14(7-9-15)29-11-17(27)30-12-20(22,23)21(24,25)26/h6-9,13,16H,10-12H2,1-5H3. The van der Waals surface area contributed by atoms with Crippen molar-refractivity contribution in [2.75, 3.05) is 13.2 Å². The van der Waals surface area contributed by atoms with Crippen LogP contribution in [0, 0.1) is 17.3 Å². The Morgan fingerprint density at radius 3 is 1.90 bits per heavy atom. The number of carbonyl (C=O) groups excluding carboxylic acids is 2. The van der Waals surface area contributed by atoms with Crippen LogP contribution in [0.4, 0.5) is 22.0 Å². The van der Waals surface area contributed by atoms with Gasteiger partial charge >= 0.3 is 24.0 Å². The molecule has 0 fully saturated rings. The summed E-state index contributed by atoms with van der Waals surface area (Å²) < 4.78 is 75.8. The van der Waals surface area contributed by atoms with Crippen molar-refractivity contribution in [3.63, 3.8) is 0 Å². The highest BCUT2D eigenvalue weighted by molar-refractivity contribution is 5.75. The quantitative estimate of drug-likeness (QED) is 0.283. The van der Waals surface area contributed by atoms with Crippen molar-refractivity contribution in [3.8, 4) is 11.5 Å². The maximum atomic E-state index is 12.7. The number of alkyl halides is 5. The van der Waals surface area contributed by atoms with Crippen LogP contribution in [0.15, 0.2) is 24.3 Å². The van der Waals surface area contributed by atoms with Gasteiger partial charge in [-0.25, -0.2) is 4.79 Å². The smallest absolute Gasteiger partial charge is 0.456 e. The molecule has 1 aromatic carbocycles. The summed E-state index contributed by atoms with van der Waals surface area (Å²) in [5.41, 5.74) is -0.0652. The number of esters is 2. The molecule has 0 saturated carbocycles. The lowest BCUT2D eigenvalue weighted by Crippen LogP contribution is -2.41. The van der Waals surface area contributed by atoms with Crippen LogP contribution < -0.4 is 9.47 Å². The Morgan fingerprint density at radius 1 is 0.935 bits per heavy atom.